The number of nitrogens with one attached hydrogen (secondary N) is 2. The fourth-order valence-electron chi connectivity index (χ4n) is 3.27. The zero-order chi connectivity index (χ0) is 18.5. The van der Waals surface area contributed by atoms with E-state index in [9.17, 15) is 4.79 Å². The Hall–Kier alpha value is -2.12. The first-order valence-corrected chi connectivity index (χ1v) is 9.89. The van der Waals surface area contributed by atoms with E-state index in [0.29, 0.717) is 10.6 Å². The quantitative estimate of drug-likeness (QED) is 0.677. The van der Waals surface area contributed by atoms with Crippen LogP contribution in [0, 0.1) is 12.3 Å². The molecule has 0 amide bonds. The van der Waals surface area contributed by atoms with Gasteiger partial charge in [0.2, 0.25) is 0 Å². The van der Waals surface area contributed by atoms with Crippen molar-refractivity contribution in [2.75, 3.05) is 19.6 Å². The molecule has 26 heavy (non-hydrogen) atoms. The molecule has 2 aromatic rings. The Morgan fingerprint density at radius 1 is 1.46 bits per heavy atom. The molecule has 1 aromatic carbocycles. The van der Waals surface area contributed by atoms with E-state index in [-0.39, 0.29) is 5.56 Å². The molecule has 0 radical (unpaired) electrons. The highest BCUT2D eigenvalue weighted by molar-refractivity contribution is 7.99. The first kappa shape index (κ1) is 18.7. The minimum Gasteiger partial charge on any atom is -0.401 e. The summed E-state index contributed by atoms with van der Waals surface area (Å²) in [5.41, 5.74) is 8.39. The average molecular weight is 372 g/mol. The van der Waals surface area contributed by atoms with Gasteiger partial charge in [-0.1, -0.05) is 12.1 Å². The number of piperidine rings is 1. The number of hydrogen-bond donors (Lipinski definition) is 3. The largest absolute Gasteiger partial charge is 0.401 e. The van der Waals surface area contributed by atoms with E-state index in [4.69, 9.17) is 11.1 Å². The minimum absolute atomic E-state index is 0.0578. The maximum Gasteiger partial charge on any atom is 0.258 e. The Kier molecular flexibility index (Phi) is 6.11. The lowest BCUT2D eigenvalue weighted by Gasteiger charge is -2.31. The summed E-state index contributed by atoms with van der Waals surface area (Å²) in [6.07, 6.45) is 5.07. The topological polar surface area (TPSA) is 98.9 Å². The van der Waals surface area contributed by atoms with Crippen molar-refractivity contribution in [1.82, 2.24) is 14.9 Å². The lowest BCUT2D eigenvalue weighted by molar-refractivity contribution is 0.250. The van der Waals surface area contributed by atoms with Crippen molar-refractivity contribution in [3.05, 3.63) is 51.7 Å². The van der Waals surface area contributed by atoms with Gasteiger partial charge in [-0.3, -0.25) is 9.69 Å². The number of nitrogens with two attached hydrogens (primary N) is 1. The molecule has 1 aliphatic rings. The SMILES string of the molecule is Cc1cccc2c(=O)[nH]c(CSC3CCN(CC(N)=CC=N)CC3)nc12. The number of hydrogen-bond acceptors (Lipinski definition) is 6. The summed E-state index contributed by atoms with van der Waals surface area (Å²) < 4.78 is 0. The van der Waals surface area contributed by atoms with Crippen molar-refractivity contribution >= 4 is 28.9 Å². The number of aromatic amines is 1. The lowest BCUT2D eigenvalue weighted by atomic mass is 10.1. The van der Waals surface area contributed by atoms with E-state index in [1.165, 1.54) is 6.21 Å². The van der Waals surface area contributed by atoms with Crippen molar-refractivity contribution in [2.24, 2.45) is 5.73 Å². The Labute approximate surface area is 157 Å². The van der Waals surface area contributed by atoms with Gasteiger partial charge in [0, 0.05) is 23.7 Å². The minimum atomic E-state index is -0.0578. The monoisotopic (exact) mass is 371 g/mol. The normalized spacial score (nSPS) is 16.9. The molecule has 1 fully saturated rings. The molecule has 4 N–H and O–H groups in total. The molecule has 7 heteroatoms. The molecule has 2 heterocycles. The van der Waals surface area contributed by atoms with Gasteiger partial charge in [-0.05, 0) is 50.6 Å². The highest BCUT2D eigenvalue weighted by atomic mass is 32.2. The van der Waals surface area contributed by atoms with Gasteiger partial charge in [-0.2, -0.15) is 11.8 Å². The van der Waals surface area contributed by atoms with Crippen LogP contribution in [0.25, 0.3) is 10.9 Å². The fourth-order valence-corrected chi connectivity index (χ4v) is 4.34. The van der Waals surface area contributed by atoms with Gasteiger partial charge in [0.1, 0.15) is 5.82 Å². The van der Waals surface area contributed by atoms with E-state index in [1.807, 2.05) is 36.9 Å². The molecule has 3 rings (SSSR count). The number of H-pyrrole nitrogens is 1. The fraction of sp³-hybridized carbons (Fsp3) is 0.421. The summed E-state index contributed by atoms with van der Waals surface area (Å²) >= 11 is 1.86. The summed E-state index contributed by atoms with van der Waals surface area (Å²) in [4.78, 5) is 22.2. The molecule has 0 unspecified atom stereocenters. The van der Waals surface area contributed by atoms with Crippen LogP contribution in [0.5, 0.6) is 0 Å². The highest BCUT2D eigenvalue weighted by Gasteiger charge is 2.20. The summed E-state index contributed by atoms with van der Waals surface area (Å²) in [7, 11) is 0. The van der Waals surface area contributed by atoms with Gasteiger partial charge in [0.05, 0.1) is 16.7 Å². The molecule has 138 valence electrons. The van der Waals surface area contributed by atoms with Crippen LogP contribution in [-0.4, -0.2) is 46.0 Å². The van der Waals surface area contributed by atoms with Gasteiger partial charge in [-0.15, -0.1) is 0 Å². The summed E-state index contributed by atoms with van der Waals surface area (Å²) in [6.45, 7) is 4.72. The number of thioether (sulfide) groups is 1. The molecule has 1 aliphatic heterocycles. The number of allylic oxidation sites excluding steroid dienone is 1. The molecular weight excluding hydrogens is 346 g/mol. The second kappa shape index (κ2) is 8.51. The summed E-state index contributed by atoms with van der Waals surface area (Å²) in [6, 6.07) is 5.69. The van der Waals surface area contributed by atoms with E-state index in [0.717, 1.165) is 60.8 Å². The smallest absolute Gasteiger partial charge is 0.258 e. The predicted octanol–water partition coefficient (Wildman–Crippen LogP) is 2.42. The van der Waals surface area contributed by atoms with Crippen LogP contribution in [-0.2, 0) is 5.75 Å². The second-order valence-electron chi connectivity index (χ2n) is 6.68. The van der Waals surface area contributed by atoms with Gasteiger partial charge in [0.25, 0.3) is 5.56 Å². The third-order valence-corrected chi connectivity index (χ3v) is 6.06. The molecule has 0 saturated carbocycles. The second-order valence-corrected chi connectivity index (χ2v) is 7.97. The predicted molar refractivity (Wildman–Crippen MR) is 109 cm³/mol. The van der Waals surface area contributed by atoms with Crippen LogP contribution in [0.2, 0.25) is 0 Å². The van der Waals surface area contributed by atoms with Crippen molar-refractivity contribution in [3.8, 4) is 0 Å². The molecule has 0 bridgehead atoms. The van der Waals surface area contributed by atoms with Crippen LogP contribution in [0.1, 0.15) is 24.2 Å². The average Bonchev–Trinajstić information content (AvgIpc) is 2.62. The zero-order valence-corrected chi connectivity index (χ0v) is 15.8. The Bertz CT molecular complexity index is 868. The van der Waals surface area contributed by atoms with E-state index < -0.39 is 0 Å². The number of likely N-dealkylation sites (tertiary alicyclic amines) is 1. The number of aryl methyl sites for hydroxylation is 1. The third kappa shape index (κ3) is 4.53. The third-order valence-electron chi connectivity index (χ3n) is 4.68. The van der Waals surface area contributed by atoms with Gasteiger partial charge in [-0.25, -0.2) is 4.98 Å². The van der Waals surface area contributed by atoms with Crippen LogP contribution in [0.4, 0.5) is 0 Å². The van der Waals surface area contributed by atoms with E-state index in [1.54, 1.807) is 6.08 Å². The number of aromatic nitrogens is 2. The maximum atomic E-state index is 12.3. The van der Waals surface area contributed by atoms with Crippen molar-refractivity contribution in [3.63, 3.8) is 0 Å². The van der Waals surface area contributed by atoms with Crippen LogP contribution in [0.15, 0.2) is 34.8 Å². The molecule has 0 aliphatic carbocycles. The van der Waals surface area contributed by atoms with E-state index in [2.05, 4.69) is 14.9 Å². The van der Waals surface area contributed by atoms with Crippen molar-refractivity contribution in [1.29, 1.82) is 5.41 Å². The number of fused-ring (bicyclic) bond motifs is 1. The van der Waals surface area contributed by atoms with Crippen LogP contribution < -0.4 is 11.3 Å². The van der Waals surface area contributed by atoms with Gasteiger partial charge < -0.3 is 16.1 Å². The number of para-hydroxylation sites is 1. The summed E-state index contributed by atoms with van der Waals surface area (Å²) in [5, 5.41) is 8.29. The van der Waals surface area contributed by atoms with Crippen molar-refractivity contribution < 1.29 is 0 Å². The Morgan fingerprint density at radius 3 is 2.96 bits per heavy atom. The van der Waals surface area contributed by atoms with Crippen LogP contribution in [0.3, 0.4) is 0 Å². The molecule has 6 nitrogen and oxygen atoms in total. The maximum absolute atomic E-state index is 12.3. The number of benzene rings is 1. The van der Waals surface area contributed by atoms with Crippen molar-refractivity contribution in [2.45, 2.75) is 30.8 Å². The van der Waals surface area contributed by atoms with Gasteiger partial charge in [0.15, 0.2) is 0 Å². The summed E-state index contributed by atoms with van der Waals surface area (Å²) in [5.74, 6) is 1.47. The molecule has 0 atom stereocenters. The molecule has 0 spiro atoms. The van der Waals surface area contributed by atoms with Crippen LogP contribution >= 0.6 is 11.8 Å². The standard InChI is InChI=1S/C19H25N5OS/c1-13-3-2-4-16-18(13)22-17(23-19(16)25)12-26-15-6-9-24(10-7-15)11-14(21)5-8-20/h2-5,8,15,20H,6-7,9-12,21H2,1H3,(H,22,23,25). The number of nitrogens with zero attached hydrogens (tertiary/aromatic N) is 2. The van der Waals surface area contributed by atoms with Gasteiger partial charge >= 0.3 is 0 Å². The molecule has 1 saturated heterocycles. The number of rotatable bonds is 6. The molecular formula is C19H25N5OS. The lowest BCUT2D eigenvalue weighted by Crippen LogP contribution is -2.37. The Balaban J connectivity index is 1.56. The van der Waals surface area contributed by atoms with E-state index >= 15 is 0 Å². The first-order chi connectivity index (χ1) is 12.6. The highest BCUT2D eigenvalue weighted by Crippen LogP contribution is 2.26. The Morgan fingerprint density at radius 2 is 2.23 bits per heavy atom. The zero-order valence-electron chi connectivity index (χ0n) is 15.0. The molecule has 1 aromatic heterocycles. The first-order valence-electron chi connectivity index (χ1n) is 8.84.